The largest absolute Gasteiger partial charge is 0.271 e. The smallest absolute Gasteiger partial charge is 0.264 e. The molecule has 0 radical (unpaired) electrons. The topological polar surface area (TPSA) is 78.8 Å². The Morgan fingerprint density at radius 3 is 2.46 bits per heavy atom. The molecule has 1 heterocycles. The maximum absolute atomic E-state index is 13.2. The van der Waals surface area contributed by atoms with E-state index in [9.17, 15) is 13.2 Å². The molecule has 2 aromatic carbocycles. The Morgan fingerprint density at radius 1 is 1.07 bits per heavy atom. The molecule has 0 fully saturated rings. The average molecular weight is 414 g/mol. The second kappa shape index (κ2) is 8.81. The van der Waals surface area contributed by atoms with Gasteiger partial charge in [-0.25, -0.2) is 13.8 Å². The van der Waals surface area contributed by atoms with E-state index in [-0.39, 0.29) is 11.4 Å². The van der Waals surface area contributed by atoms with Crippen LogP contribution in [0.3, 0.4) is 0 Å². The van der Waals surface area contributed by atoms with Crippen molar-refractivity contribution in [3.05, 3.63) is 82.6 Å². The van der Waals surface area contributed by atoms with Gasteiger partial charge in [-0.2, -0.15) is 5.10 Å². The Hall–Kier alpha value is -2.97. The number of sulfonamides is 1. The highest BCUT2D eigenvalue weighted by Crippen LogP contribution is 2.26. The number of nitrogens with one attached hydrogen (secondary N) is 1. The van der Waals surface area contributed by atoms with Crippen LogP contribution in [0.25, 0.3) is 0 Å². The van der Waals surface area contributed by atoms with Crippen molar-refractivity contribution in [1.82, 2.24) is 5.43 Å². The number of nitrogens with zero attached hydrogens (tertiary/aromatic N) is 2. The number of hydrazone groups is 1. The average Bonchev–Trinajstić information content (AvgIpc) is 3.21. The van der Waals surface area contributed by atoms with Crippen LogP contribution in [-0.4, -0.2) is 27.1 Å². The SMILES string of the molecule is Cc1ccccc1N(CC(=O)N/N=C\c1cccs1)S(=O)(=O)c1ccccc1. The molecule has 1 N–H and O–H groups in total. The summed E-state index contributed by atoms with van der Waals surface area (Å²) in [4.78, 5) is 13.4. The molecule has 28 heavy (non-hydrogen) atoms. The highest BCUT2D eigenvalue weighted by molar-refractivity contribution is 7.92. The molecule has 0 saturated carbocycles. The van der Waals surface area contributed by atoms with Gasteiger partial charge in [0.2, 0.25) is 0 Å². The number of carbonyl (C=O) groups excluding carboxylic acids is 1. The number of carbonyl (C=O) groups is 1. The molecule has 8 heteroatoms. The zero-order valence-electron chi connectivity index (χ0n) is 15.1. The van der Waals surface area contributed by atoms with Gasteiger partial charge in [0.15, 0.2) is 0 Å². The molecule has 3 rings (SSSR count). The summed E-state index contributed by atoms with van der Waals surface area (Å²) >= 11 is 1.48. The van der Waals surface area contributed by atoms with Crippen LogP contribution in [-0.2, 0) is 14.8 Å². The minimum absolute atomic E-state index is 0.119. The Labute approximate surface area is 168 Å². The standard InChI is InChI=1S/C20H19N3O3S2/c1-16-8-5-6-12-19(16)23(28(25,26)18-10-3-2-4-11-18)15-20(24)22-21-14-17-9-7-13-27-17/h2-14H,15H2,1H3,(H,22,24)/b21-14-. The molecule has 1 aromatic heterocycles. The zero-order chi connectivity index (χ0) is 20.0. The molecule has 0 atom stereocenters. The van der Waals surface area contributed by atoms with Crippen molar-refractivity contribution in [3.63, 3.8) is 0 Å². The van der Waals surface area contributed by atoms with E-state index in [1.165, 1.54) is 29.7 Å². The molecule has 144 valence electrons. The summed E-state index contributed by atoms with van der Waals surface area (Å²) in [5.41, 5.74) is 3.59. The van der Waals surface area contributed by atoms with Crippen LogP contribution >= 0.6 is 11.3 Å². The fourth-order valence-electron chi connectivity index (χ4n) is 2.56. The number of benzene rings is 2. The number of amides is 1. The van der Waals surface area contributed by atoms with Gasteiger partial charge in [-0.05, 0) is 42.1 Å². The second-order valence-electron chi connectivity index (χ2n) is 5.92. The van der Waals surface area contributed by atoms with Crippen LogP contribution in [0.2, 0.25) is 0 Å². The highest BCUT2D eigenvalue weighted by atomic mass is 32.2. The lowest BCUT2D eigenvalue weighted by Crippen LogP contribution is -2.40. The molecule has 0 aliphatic rings. The lowest BCUT2D eigenvalue weighted by molar-refractivity contribution is -0.119. The van der Waals surface area contributed by atoms with E-state index in [4.69, 9.17) is 0 Å². The number of aryl methyl sites for hydroxylation is 1. The van der Waals surface area contributed by atoms with Gasteiger partial charge in [0.05, 0.1) is 16.8 Å². The van der Waals surface area contributed by atoms with Gasteiger partial charge in [0.1, 0.15) is 6.54 Å². The third kappa shape index (κ3) is 4.65. The Kier molecular flexibility index (Phi) is 6.23. The van der Waals surface area contributed by atoms with E-state index in [0.29, 0.717) is 5.69 Å². The maximum Gasteiger partial charge on any atom is 0.264 e. The van der Waals surface area contributed by atoms with Gasteiger partial charge < -0.3 is 0 Å². The summed E-state index contributed by atoms with van der Waals surface area (Å²) < 4.78 is 27.5. The monoisotopic (exact) mass is 413 g/mol. The summed E-state index contributed by atoms with van der Waals surface area (Å²) in [5, 5.41) is 5.80. The number of thiophene rings is 1. The first-order valence-corrected chi connectivity index (χ1v) is 10.8. The predicted octanol–water partition coefficient (Wildman–Crippen LogP) is 3.40. The van der Waals surface area contributed by atoms with Crippen LogP contribution in [0, 0.1) is 6.92 Å². The molecule has 1 amide bonds. The third-order valence-electron chi connectivity index (χ3n) is 3.93. The van der Waals surface area contributed by atoms with E-state index in [2.05, 4.69) is 10.5 Å². The fourth-order valence-corrected chi connectivity index (χ4v) is 4.65. The number of hydrogen-bond donors (Lipinski definition) is 1. The van der Waals surface area contributed by atoms with Crippen molar-refractivity contribution >= 4 is 39.2 Å². The van der Waals surface area contributed by atoms with Crippen LogP contribution in [0.15, 0.2) is 82.1 Å². The van der Waals surface area contributed by atoms with E-state index >= 15 is 0 Å². The predicted molar refractivity (Wildman–Crippen MR) is 112 cm³/mol. The van der Waals surface area contributed by atoms with Gasteiger partial charge in [0, 0.05) is 4.88 Å². The Balaban J connectivity index is 1.87. The van der Waals surface area contributed by atoms with Crippen LogP contribution in [0.1, 0.15) is 10.4 Å². The van der Waals surface area contributed by atoms with Crippen LogP contribution in [0.5, 0.6) is 0 Å². The minimum atomic E-state index is -3.92. The first kappa shape index (κ1) is 19.8. The third-order valence-corrected chi connectivity index (χ3v) is 6.51. The van der Waals surface area contributed by atoms with E-state index < -0.39 is 15.9 Å². The van der Waals surface area contributed by atoms with Gasteiger partial charge in [-0.1, -0.05) is 42.5 Å². The van der Waals surface area contributed by atoms with Crippen molar-refractivity contribution in [3.8, 4) is 0 Å². The number of para-hydroxylation sites is 1. The fraction of sp³-hybridized carbons (Fsp3) is 0.100. The molecule has 0 unspecified atom stereocenters. The first-order chi connectivity index (χ1) is 13.5. The normalized spacial score (nSPS) is 11.5. The van der Waals surface area contributed by atoms with Gasteiger partial charge in [-0.3, -0.25) is 9.10 Å². The number of anilines is 1. The van der Waals surface area contributed by atoms with Crippen LogP contribution in [0.4, 0.5) is 5.69 Å². The summed E-state index contributed by atoms with van der Waals surface area (Å²) in [6, 6.07) is 18.8. The second-order valence-corrected chi connectivity index (χ2v) is 8.76. The lowest BCUT2D eigenvalue weighted by Gasteiger charge is -2.25. The molecule has 0 aliphatic carbocycles. The van der Waals surface area contributed by atoms with Crippen molar-refractivity contribution in [2.75, 3.05) is 10.8 Å². The lowest BCUT2D eigenvalue weighted by atomic mass is 10.2. The van der Waals surface area contributed by atoms with Crippen LogP contribution < -0.4 is 9.73 Å². The summed E-state index contributed by atoms with van der Waals surface area (Å²) in [7, 11) is -3.92. The van der Waals surface area contributed by atoms with Crippen molar-refractivity contribution in [2.24, 2.45) is 5.10 Å². The number of hydrogen-bond acceptors (Lipinski definition) is 5. The molecule has 0 aliphatic heterocycles. The van der Waals surface area contributed by atoms with Gasteiger partial charge in [-0.15, -0.1) is 11.3 Å². The van der Waals surface area contributed by atoms with E-state index in [0.717, 1.165) is 14.7 Å². The molecule has 6 nitrogen and oxygen atoms in total. The highest BCUT2D eigenvalue weighted by Gasteiger charge is 2.27. The molecule has 3 aromatic rings. The molecular weight excluding hydrogens is 394 g/mol. The summed E-state index contributed by atoms with van der Waals surface area (Å²) in [6.07, 6.45) is 1.52. The summed E-state index contributed by atoms with van der Waals surface area (Å²) in [5.74, 6) is -0.532. The Bertz CT molecular complexity index is 1060. The maximum atomic E-state index is 13.2. The number of rotatable bonds is 7. The van der Waals surface area contributed by atoms with Crippen molar-refractivity contribution in [1.29, 1.82) is 0 Å². The van der Waals surface area contributed by atoms with E-state index in [1.54, 1.807) is 43.3 Å². The van der Waals surface area contributed by atoms with Crippen molar-refractivity contribution < 1.29 is 13.2 Å². The summed E-state index contributed by atoms with van der Waals surface area (Å²) in [6.45, 7) is 1.42. The molecule has 0 saturated heterocycles. The van der Waals surface area contributed by atoms with E-state index in [1.807, 2.05) is 23.6 Å². The molecular formula is C20H19N3O3S2. The minimum Gasteiger partial charge on any atom is -0.271 e. The Morgan fingerprint density at radius 2 is 1.79 bits per heavy atom. The zero-order valence-corrected chi connectivity index (χ0v) is 16.8. The first-order valence-electron chi connectivity index (χ1n) is 8.47. The molecule has 0 bridgehead atoms. The quantitative estimate of drug-likeness (QED) is 0.476. The molecule has 0 spiro atoms. The van der Waals surface area contributed by atoms with Gasteiger partial charge in [0.25, 0.3) is 15.9 Å². The van der Waals surface area contributed by atoms with Crippen molar-refractivity contribution in [2.45, 2.75) is 11.8 Å². The van der Waals surface area contributed by atoms with Gasteiger partial charge >= 0.3 is 0 Å².